The van der Waals surface area contributed by atoms with E-state index in [4.69, 9.17) is 9.05 Å². The minimum absolute atomic E-state index is 0.00168. The van der Waals surface area contributed by atoms with E-state index in [0.29, 0.717) is 17.4 Å². The summed E-state index contributed by atoms with van der Waals surface area (Å²) in [6, 6.07) is -0.877. The number of rotatable bonds is 36. The van der Waals surface area contributed by atoms with Gasteiger partial charge in [0.05, 0.1) is 39.9 Å². The van der Waals surface area contributed by atoms with E-state index >= 15 is 0 Å². The van der Waals surface area contributed by atoms with Gasteiger partial charge in [-0.25, -0.2) is 0 Å². The first-order valence-corrected chi connectivity index (χ1v) is 21.5. The third kappa shape index (κ3) is 33.7. The second-order valence-corrected chi connectivity index (χ2v) is 16.4. The molecule has 286 valence electrons. The van der Waals surface area contributed by atoms with Gasteiger partial charge < -0.3 is 28.8 Å². The molecule has 0 aromatic carbocycles. The predicted molar refractivity (Wildman–Crippen MR) is 201 cm³/mol. The molecule has 0 radical (unpaired) electrons. The predicted octanol–water partition coefficient (Wildman–Crippen LogP) is 9.78. The zero-order chi connectivity index (χ0) is 35.8. The summed E-state index contributed by atoms with van der Waals surface area (Å²) >= 11 is 0. The zero-order valence-corrected chi connectivity index (χ0v) is 33.1. The number of hydrogen-bond acceptors (Lipinski definition) is 6. The highest BCUT2D eigenvalue weighted by Gasteiger charge is 2.23. The Balaban J connectivity index is 4.47. The van der Waals surface area contributed by atoms with Gasteiger partial charge in [-0.05, 0) is 19.3 Å². The number of nitrogens with zero attached hydrogens (tertiary/aromatic N) is 1. The number of aliphatic hydroxyl groups excluding tert-OH is 1. The van der Waals surface area contributed by atoms with Crippen molar-refractivity contribution in [2.45, 2.75) is 193 Å². The van der Waals surface area contributed by atoms with Gasteiger partial charge in [0.15, 0.2) is 0 Å². The molecule has 2 N–H and O–H groups in total. The Morgan fingerprint density at radius 3 is 1.56 bits per heavy atom. The van der Waals surface area contributed by atoms with Gasteiger partial charge >= 0.3 is 0 Å². The maximum Gasteiger partial charge on any atom is 0.268 e. The Morgan fingerprint density at radius 1 is 0.708 bits per heavy atom. The number of allylic oxidation sites excluding steroid dienone is 1. The molecule has 8 nitrogen and oxygen atoms in total. The van der Waals surface area contributed by atoms with E-state index in [9.17, 15) is 19.4 Å². The van der Waals surface area contributed by atoms with Gasteiger partial charge in [-0.1, -0.05) is 167 Å². The Morgan fingerprint density at radius 2 is 1.12 bits per heavy atom. The number of phosphoric ester groups is 1. The maximum atomic E-state index is 12.7. The number of aliphatic hydroxyl groups is 1. The van der Waals surface area contributed by atoms with Crippen molar-refractivity contribution in [1.82, 2.24) is 5.32 Å². The van der Waals surface area contributed by atoms with E-state index in [-0.39, 0.29) is 19.1 Å². The average molecular weight is 703 g/mol. The number of hydrogen-bond donors (Lipinski definition) is 2. The van der Waals surface area contributed by atoms with Crippen molar-refractivity contribution in [3.8, 4) is 0 Å². The summed E-state index contributed by atoms with van der Waals surface area (Å²) in [6.07, 6.45) is 33.9. The van der Waals surface area contributed by atoms with Crippen LogP contribution in [0.3, 0.4) is 0 Å². The van der Waals surface area contributed by atoms with Crippen LogP contribution in [0.2, 0.25) is 0 Å². The van der Waals surface area contributed by atoms with Crippen molar-refractivity contribution in [3.05, 3.63) is 12.2 Å². The smallest absolute Gasteiger partial charge is 0.268 e. The number of likely N-dealkylation sites (N-methyl/N-ethyl adjacent to an activating group) is 1. The maximum absolute atomic E-state index is 12.7. The van der Waals surface area contributed by atoms with Gasteiger partial charge in [0.25, 0.3) is 7.82 Å². The molecular formula is C39H79N2O6P. The molecule has 9 heteroatoms. The van der Waals surface area contributed by atoms with Gasteiger partial charge in [-0.15, -0.1) is 0 Å². The summed E-state index contributed by atoms with van der Waals surface area (Å²) in [7, 11) is 1.27. The normalized spacial score (nSPS) is 14.7. The van der Waals surface area contributed by atoms with Gasteiger partial charge in [-0.3, -0.25) is 9.36 Å². The van der Waals surface area contributed by atoms with E-state index in [2.05, 4.69) is 19.2 Å². The van der Waals surface area contributed by atoms with E-state index in [0.717, 1.165) is 38.5 Å². The summed E-state index contributed by atoms with van der Waals surface area (Å²) in [5.41, 5.74) is 0. The number of carbonyl (C=O) groups is 1. The number of quaternary nitrogens is 1. The lowest BCUT2D eigenvalue weighted by Crippen LogP contribution is -2.45. The fourth-order valence-corrected chi connectivity index (χ4v) is 6.46. The first-order valence-electron chi connectivity index (χ1n) is 20.1. The van der Waals surface area contributed by atoms with Crippen molar-refractivity contribution >= 4 is 13.7 Å². The van der Waals surface area contributed by atoms with Gasteiger partial charge in [-0.2, -0.15) is 0 Å². The van der Waals surface area contributed by atoms with Crippen LogP contribution in [0.1, 0.15) is 181 Å². The number of phosphoric acid groups is 1. The molecule has 0 saturated carbocycles. The molecule has 0 fully saturated rings. The number of nitrogens with one attached hydrogen (secondary N) is 1. The number of unbranched alkanes of at least 4 members (excludes halogenated alkanes) is 23. The molecule has 0 aliphatic carbocycles. The summed E-state index contributed by atoms with van der Waals surface area (Å²) < 4.78 is 23.1. The molecular weight excluding hydrogens is 623 g/mol. The summed E-state index contributed by atoms with van der Waals surface area (Å²) in [6.45, 7) is 4.62. The molecule has 0 aliphatic rings. The highest BCUT2D eigenvalue weighted by Crippen LogP contribution is 2.38. The van der Waals surface area contributed by atoms with Gasteiger partial charge in [0, 0.05) is 6.42 Å². The first-order chi connectivity index (χ1) is 23.0. The molecule has 0 bridgehead atoms. The standard InChI is InChI=1S/C39H79N2O6P/c1-6-8-10-12-14-16-18-19-20-21-22-23-24-26-28-30-32-38(42)37(36-47-48(44,45)46-35-34-41(3,4)5)40-39(43)33-31-29-27-25-17-15-13-11-9-7-2/h30,32,37-38,42H,6-29,31,33-36H2,1-5H3,(H-,40,43,44,45)/b32-30+/t37-,38+/m0/s1. The van der Waals surface area contributed by atoms with Crippen molar-refractivity contribution in [1.29, 1.82) is 0 Å². The molecule has 0 heterocycles. The van der Waals surface area contributed by atoms with E-state index < -0.39 is 20.0 Å². The molecule has 0 saturated heterocycles. The minimum atomic E-state index is -4.57. The van der Waals surface area contributed by atoms with Crippen molar-refractivity contribution in [3.63, 3.8) is 0 Å². The fraction of sp³-hybridized carbons (Fsp3) is 0.923. The second kappa shape index (κ2) is 32.2. The van der Waals surface area contributed by atoms with Crippen LogP contribution in [0, 0.1) is 0 Å². The van der Waals surface area contributed by atoms with Gasteiger partial charge in [0.2, 0.25) is 5.91 Å². The lowest BCUT2D eigenvalue weighted by molar-refractivity contribution is -0.870. The molecule has 3 atom stereocenters. The van der Waals surface area contributed by atoms with Crippen molar-refractivity contribution in [2.75, 3.05) is 40.9 Å². The van der Waals surface area contributed by atoms with Crippen LogP contribution in [0.5, 0.6) is 0 Å². The summed E-state index contributed by atoms with van der Waals surface area (Å²) in [5, 5.41) is 13.7. The first kappa shape index (κ1) is 47.2. The van der Waals surface area contributed by atoms with E-state index in [1.807, 2.05) is 27.2 Å². The minimum Gasteiger partial charge on any atom is -0.756 e. The van der Waals surface area contributed by atoms with Crippen LogP contribution < -0.4 is 10.2 Å². The Bertz CT molecular complexity index is 804. The lowest BCUT2D eigenvalue weighted by Gasteiger charge is -2.29. The van der Waals surface area contributed by atoms with Crippen molar-refractivity contribution < 1.29 is 32.9 Å². The second-order valence-electron chi connectivity index (χ2n) is 15.0. The Kier molecular flexibility index (Phi) is 31.7. The third-order valence-corrected chi connectivity index (χ3v) is 9.96. The summed E-state index contributed by atoms with van der Waals surface area (Å²) in [5.74, 6) is -0.200. The Hall–Kier alpha value is -0.760. The molecule has 0 aromatic heterocycles. The number of amides is 1. The monoisotopic (exact) mass is 703 g/mol. The van der Waals surface area contributed by atoms with Crippen molar-refractivity contribution in [2.24, 2.45) is 0 Å². The molecule has 0 rings (SSSR count). The largest absolute Gasteiger partial charge is 0.756 e. The van der Waals surface area contributed by atoms with Gasteiger partial charge in [0.1, 0.15) is 13.2 Å². The Labute approximate surface area is 297 Å². The quantitative estimate of drug-likeness (QED) is 0.0291. The van der Waals surface area contributed by atoms with Crippen LogP contribution in [0.4, 0.5) is 0 Å². The van der Waals surface area contributed by atoms with Crippen LogP contribution in [0.25, 0.3) is 0 Å². The molecule has 48 heavy (non-hydrogen) atoms. The van der Waals surface area contributed by atoms with Crippen LogP contribution in [-0.2, 0) is 18.4 Å². The molecule has 1 amide bonds. The van der Waals surface area contributed by atoms with Crippen LogP contribution >= 0.6 is 7.82 Å². The van der Waals surface area contributed by atoms with Crippen LogP contribution in [0.15, 0.2) is 12.2 Å². The molecule has 1 unspecified atom stereocenters. The topological polar surface area (TPSA) is 108 Å². The zero-order valence-electron chi connectivity index (χ0n) is 32.2. The highest BCUT2D eigenvalue weighted by molar-refractivity contribution is 7.45. The molecule has 0 aromatic rings. The lowest BCUT2D eigenvalue weighted by atomic mass is 10.0. The number of carbonyl (C=O) groups excluding carboxylic acids is 1. The average Bonchev–Trinajstić information content (AvgIpc) is 3.02. The molecule has 0 aliphatic heterocycles. The third-order valence-electron chi connectivity index (χ3n) is 9.00. The SMILES string of the molecule is CCCCCCCCCCCCCCCC/C=C/[C@@H](O)[C@H](COP(=O)([O-])OCC[N+](C)(C)C)NC(=O)CCCCCCCCCCCC. The summed E-state index contributed by atoms with van der Waals surface area (Å²) in [4.78, 5) is 25.1. The van der Waals surface area contributed by atoms with Crippen LogP contribution in [-0.4, -0.2) is 68.5 Å². The fourth-order valence-electron chi connectivity index (χ4n) is 5.74. The van der Waals surface area contributed by atoms with E-state index in [1.54, 1.807) is 6.08 Å². The van der Waals surface area contributed by atoms with E-state index in [1.165, 1.54) is 122 Å². The molecule has 0 spiro atoms. The highest BCUT2D eigenvalue weighted by atomic mass is 31.2.